The number of carbonyl (C=O) groups is 1. The third-order valence-corrected chi connectivity index (χ3v) is 6.46. The van der Waals surface area contributed by atoms with Crippen LogP contribution in [0.25, 0.3) is 0 Å². The first-order valence-corrected chi connectivity index (χ1v) is 8.50. The van der Waals surface area contributed by atoms with Gasteiger partial charge in [-0.05, 0) is 31.4 Å². The number of anilines is 1. The summed E-state index contributed by atoms with van der Waals surface area (Å²) in [6, 6.07) is 8.84. The second kappa shape index (κ2) is 4.48. The van der Waals surface area contributed by atoms with Gasteiger partial charge in [-0.3, -0.25) is 4.79 Å². The quantitative estimate of drug-likeness (QED) is 0.854. The number of para-hydroxylation sites is 1. The number of hydrogen-bond acceptors (Lipinski definition) is 2. The van der Waals surface area contributed by atoms with Gasteiger partial charge in [0, 0.05) is 25.3 Å². The molecule has 0 spiro atoms. The molecule has 1 saturated carbocycles. The SMILES string of the molecule is CN1c2ccccc2[C@@]2(C)CN(C3CCCCC3)C(=O)[C@@]12[NH3+]. The fraction of sp³-hybridized carbons (Fsp3) is 0.611. The normalized spacial score (nSPS) is 35.0. The topological polar surface area (TPSA) is 51.2 Å². The average Bonchev–Trinajstić information content (AvgIpc) is 2.87. The maximum Gasteiger partial charge on any atom is 0.307 e. The zero-order chi connectivity index (χ0) is 15.5. The number of rotatable bonds is 1. The molecule has 1 aliphatic carbocycles. The molecule has 1 saturated heterocycles. The van der Waals surface area contributed by atoms with Gasteiger partial charge in [-0.25, -0.2) is 0 Å². The van der Waals surface area contributed by atoms with Crippen LogP contribution in [-0.4, -0.2) is 36.1 Å². The van der Waals surface area contributed by atoms with Crippen molar-refractivity contribution in [3.8, 4) is 0 Å². The van der Waals surface area contributed by atoms with Crippen LogP contribution in [0, 0.1) is 0 Å². The standard InChI is InChI=1S/C18H25N3O/c1-17-12-21(13-8-4-3-5-9-13)16(22)18(17,19)20(2)15-11-7-6-10-14(15)17/h6-7,10-11,13H,3-5,8-9,12,19H2,1-2H3/p+1/t17-,18-/m1/s1. The van der Waals surface area contributed by atoms with Crippen molar-refractivity contribution in [2.45, 2.75) is 56.1 Å². The molecule has 0 radical (unpaired) electrons. The molecule has 1 aromatic rings. The first-order valence-electron chi connectivity index (χ1n) is 8.50. The Hall–Kier alpha value is -1.55. The molecule has 4 rings (SSSR count). The van der Waals surface area contributed by atoms with Crippen LogP contribution in [0.4, 0.5) is 5.69 Å². The van der Waals surface area contributed by atoms with E-state index in [0.29, 0.717) is 6.04 Å². The van der Waals surface area contributed by atoms with E-state index in [0.717, 1.165) is 25.1 Å². The van der Waals surface area contributed by atoms with E-state index in [4.69, 9.17) is 0 Å². The van der Waals surface area contributed by atoms with Crippen molar-refractivity contribution in [2.75, 3.05) is 18.5 Å². The van der Waals surface area contributed by atoms with Crippen LogP contribution in [0.2, 0.25) is 0 Å². The molecule has 4 heteroatoms. The van der Waals surface area contributed by atoms with Gasteiger partial charge in [0.05, 0.1) is 5.41 Å². The number of likely N-dealkylation sites (tertiary alicyclic amines) is 1. The number of nitrogens with zero attached hydrogens (tertiary/aromatic N) is 2. The average molecular weight is 300 g/mol. The molecule has 0 unspecified atom stereocenters. The van der Waals surface area contributed by atoms with Crippen LogP contribution in [-0.2, 0) is 10.2 Å². The Bertz CT molecular complexity index is 625. The summed E-state index contributed by atoms with van der Waals surface area (Å²) >= 11 is 0. The van der Waals surface area contributed by atoms with Crippen molar-refractivity contribution in [1.29, 1.82) is 0 Å². The number of carbonyl (C=O) groups excluding carboxylic acids is 1. The summed E-state index contributed by atoms with van der Waals surface area (Å²) in [6.45, 7) is 3.03. The Morgan fingerprint density at radius 1 is 1.18 bits per heavy atom. The zero-order valence-corrected chi connectivity index (χ0v) is 13.6. The maximum atomic E-state index is 13.3. The fourth-order valence-corrected chi connectivity index (χ4v) is 4.96. The second-order valence-corrected chi connectivity index (χ2v) is 7.49. The van der Waals surface area contributed by atoms with E-state index in [-0.39, 0.29) is 11.3 Å². The van der Waals surface area contributed by atoms with E-state index in [2.05, 4.69) is 40.7 Å². The van der Waals surface area contributed by atoms with Gasteiger partial charge >= 0.3 is 5.91 Å². The van der Waals surface area contributed by atoms with Crippen molar-refractivity contribution >= 4 is 11.6 Å². The van der Waals surface area contributed by atoms with Gasteiger partial charge in [-0.1, -0.05) is 37.5 Å². The molecule has 3 N–H and O–H groups in total. The molecule has 22 heavy (non-hydrogen) atoms. The Kier molecular flexibility index (Phi) is 2.86. The van der Waals surface area contributed by atoms with Crippen molar-refractivity contribution < 1.29 is 10.5 Å². The lowest BCUT2D eigenvalue weighted by molar-refractivity contribution is -0.466. The number of fused-ring (bicyclic) bond motifs is 3. The maximum absolute atomic E-state index is 13.3. The minimum absolute atomic E-state index is 0.215. The predicted molar refractivity (Wildman–Crippen MR) is 86.4 cm³/mol. The predicted octanol–water partition coefficient (Wildman–Crippen LogP) is 1.51. The van der Waals surface area contributed by atoms with Gasteiger partial charge in [0.25, 0.3) is 5.66 Å². The molecule has 2 aliphatic heterocycles. The molecule has 0 aromatic heterocycles. The smallest absolute Gasteiger partial charge is 0.307 e. The number of likely N-dealkylation sites (N-methyl/N-ethyl adjacent to an activating group) is 1. The van der Waals surface area contributed by atoms with E-state index >= 15 is 0 Å². The number of benzene rings is 1. The molecule has 1 amide bonds. The van der Waals surface area contributed by atoms with Crippen LogP contribution < -0.4 is 10.6 Å². The largest absolute Gasteiger partial charge is 0.331 e. The first kappa shape index (κ1) is 14.1. The minimum atomic E-state index is -0.686. The van der Waals surface area contributed by atoms with Gasteiger partial charge in [-0.15, -0.1) is 0 Å². The number of amides is 1. The summed E-state index contributed by atoms with van der Waals surface area (Å²) < 4.78 is 0. The zero-order valence-electron chi connectivity index (χ0n) is 13.6. The minimum Gasteiger partial charge on any atom is -0.331 e. The summed E-state index contributed by atoms with van der Waals surface area (Å²) in [5.74, 6) is 0.223. The van der Waals surface area contributed by atoms with E-state index in [1.807, 2.05) is 13.1 Å². The first-order chi connectivity index (χ1) is 10.5. The Morgan fingerprint density at radius 3 is 2.59 bits per heavy atom. The summed E-state index contributed by atoms with van der Waals surface area (Å²) in [7, 11) is 2.03. The molecular formula is C18H26N3O+. The molecule has 118 valence electrons. The van der Waals surface area contributed by atoms with Gasteiger partial charge in [0.2, 0.25) is 0 Å². The summed E-state index contributed by atoms with van der Waals surface area (Å²) in [4.78, 5) is 17.6. The van der Waals surface area contributed by atoms with Crippen LogP contribution >= 0.6 is 0 Å². The molecule has 2 fully saturated rings. The number of quaternary nitrogens is 1. The third-order valence-electron chi connectivity index (χ3n) is 6.46. The summed E-state index contributed by atoms with van der Waals surface area (Å²) in [6.07, 6.45) is 6.13. The lowest BCUT2D eigenvalue weighted by atomic mass is 9.77. The van der Waals surface area contributed by atoms with Crippen LogP contribution in [0.5, 0.6) is 0 Å². The van der Waals surface area contributed by atoms with Crippen molar-refractivity contribution in [3.63, 3.8) is 0 Å². The van der Waals surface area contributed by atoms with Crippen molar-refractivity contribution in [2.24, 2.45) is 0 Å². The van der Waals surface area contributed by atoms with E-state index in [9.17, 15) is 4.79 Å². The van der Waals surface area contributed by atoms with E-state index < -0.39 is 5.66 Å². The van der Waals surface area contributed by atoms with Crippen LogP contribution in [0.1, 0.15) is 44.6 Å². The highest BCUT2D eigenvalue weighted by atomic mass is 16.2. The van der Waals surface area contributed by atoms with E-state index in [1.165, 1.54) is 24.8 Å². The van der Waals surface area contributed by atoms with Crippen molar-refractivity contribution in [1.82, 2.24) is 4.90 Å². The lowest BCUT2D eigenvalue weighted by Gasteiger charge is -2.33. The molecule has 4 nitrogen and oxygen atoms in total. The monoisotopic (exact) mass is 300 g/mol. The Morgan fingerprint density at radius 2 is 1.86 bits per heavy atom. The van der Waals surface area contributed by atoms with Gasteiger partial charge in [0.1, 0.15) is 0 Å². The molecule has 2 atom stereocenters. The number of hydrogen-bond donors (Lipinski definition) is 1. The lowest BCUT2D eigenvalue weighted by Crippen LogP contribution is -2.87. The Balaban J connectivity index is 1.78. The third kappa shape index (κ3) is 1.49. The molecule has 1 aromatic carbocycles. The summed E-state index contributed by atoms with van der Waals surface area (Å²) in [5, 5.41) is 0. The highest BCUT2D eigenvalue weighted by Crippen LogP contribution is 2.53. The highest BCUT2D eigenvalue weighted by Gasteiger charge is 2.71. The molecule has 3 aliphatic rings. The molecular weight excluding hydrogens is 274 g/mol. The van der Waals surface area contributed by atoms with Gasteiger partial charge in [0.15, 0.2) is 0 Å². The highest BCUT2D eigenvalue weighted by molar-refractivity contribution is 5.96. The van der Waals surface area contributed by atoms with Gasteiger partial charge < -0.3 is 15.5 Å². The van der Waals surface area contributed by atoms with Crippen LogP contribution in [0.3, 0.4) is 0 Å². The van der Waals surface area contributed by atoms with Crippen molar-refractivity contribution in [3.05, 3.63) is 29.8 Å². The molecule has 2 heterocycles. The fourth-order valence-electron chi connectivity index (χ4n) is 4.96. The second-order valence-electron chi connectivity index (χ2n) is 7.49. The van der Waals surface area contributed by atoms with E-state index in [1.54, 1.807) is 0 Å². The Labute approximate surface area is 132 Å². The summed E-state index contributed by atoms with van der Waals surface area (Å²) in [5.41, 5.74) is 6.00. The molecule has 0 bridgehead atoms. The van der Waals surface area contributed by atoms with Gasteiger partial charge in [-0.2, -0.15) is 0 Å². The van der Waals surface area contributed by atoms with Crippen LogP contribution in [0.15, 0.2) is 24.3 Å².